The molecular formula is C25H23N3O5. The zero-order valence-electron chi connectivity index (χ0n) is 18.5. The fraction of sp³-hybridized carbons (Fsp3) is 0.200. The molecule has 2 heterocycles. The van der Waals surface area contributed by atoms with Gasteiger partial charge in [-0.3, -0.25) is 9.59 Å². The molecule has 1 aliphatic rings. The third kappa shape index (κ3) is 4.15. The number of carbonyl (C=O) groups excluding carboxylic acids is 2. The fourth-order valence-electron chi connectivity index (χ4n) is 3.89. The number of anilines is 1. The molecule has 0 saturated heterocycles. The van der Waals surface area contributed by atoms with E-state index in [1.807, 2.05) is 42.0 Å². The van der Waals surface area contributed by atoms with Crippen molar-refractivity contribution in [1.82, 2.24) is 4.57 Å². The predicted molar refractivity (Wildman–Crippen MR) is 125 cm³/mol. The van der Waals surface area contributed by atoms with Crippen molar-refractivity contribution in [1.29, 1.82) is 0 Å². The van der Waals surface area contributed by atoms with Crippen LogP contribution < -0.4 is 5.01 Å². The van der Waals surface area contributed by atoms with Crippen LogP contribution in [-0.2, 0) is 14.3 Å². The number of benzene rings is 2. The maximum atomic E-state index is 13.2. The van der Waals surface area contributed by atoms with Crippen LogP contribution in [0.1, 0.15) is 42.2 Å². The number of rotatable bonds is 6. The van der Waals surface area contributed by atoms with Gasteiger partial charge in [0.05, 0.1) is 36.1 Å². The number of aromatic nitrogens is 1. The van der Waals surface area contributed by atoms with Crippen molar-refractivity contribution < 1.29 is 24.2 Å². The highest BCUT2D eigenvalue weighted by atomic mass is 16.5. The van der Waals surface area contributed by atoms with Crippen LogP contribution in [0, 0.1) is 0 Å². The Morgan fingerprint density at radius 2 is 1.85 bits per heavy atom. The van der Waals surface area contributed by atoms with E-state index >= 15 is 0 Å². The lowest BCUT2D eigenvalue weighted by atomic mass is 10.1. The van der Waals surface area contributed by atoms with Gasteiger partial charge in [-0.1, -0.05) is 18.2 Å². The number of para-hydroxylation sites is 1. The van der Waals surface area contributed by atoms with Gasteiger partial charge in [-0.25, -0.2) is 4.79 Å². The second-order valence-corrected chi connectivity index (χ2v) is 7.85. The molecule has 33 heavy (non-hydrogen) atoms. The number of carbonyl (C=O) groups is 3. The second kappa shape index (κ2) is 8.74. The Kier molecular flexibility index (Phi) is 5.83. The predicted octanol–water partition coefficient (Wildman–Crippen LogP) is 4.27. The summed E-state index contributed by atoms with van der Waals surface area (Å²) in [6.07, 6.45) is 3.96. The SMILES string of the molecule is COC(=O)CC(C)n1cc(/C=C2\C(=O)N(c3ccc(C(=O)O)cc3)N=C2C)c2ccccc21. The Morgan fingerprint density at radius 1 is 1.15 bits per heavy atom. The number of esters is 1. The molecule has 1 atom stereocenters. The Morgan fingerprint density at radius 3 is 2.52 bits per heavy atom. The van der Waals surface area contributed by atoms with Gasteiger partial charge >= 0.3 is 11.9 Å². The smallest absolute Gasteiger partial charge is 0.335 e. The number of carboxylic acid groups (broad SMARTS) is 1. The largest absolute Gasteiger partial charge is 0.478 e. The Hall–Kier alpha value is -4.20. The van der Waals surface area contributed by atoms with E-state index in [0.29, 0.717) is 17.0 Å². The molecule has 0 fully saturated rings. The van der Waals surface area contributed by atoms with Crippen LogP contribution in [0.5, 0.6) is 0 Å². The number of aromatic carboxylic acids is 1. The van der Waals surface area contributed by atoms with E-state index in [1.54, 1.807) is 25.1 Å². The first-order valence-corrected chi connectivity index (χ1v) is 10.4. The van der Waals surface area contributed by atoms with Crippen molar-refractivity contribution >= 4 is 46.2 Å². The molecule has 0 radical (unpaired) electrons. The summed E-state index contributed by atoms with van der Waals surface area (Å²) in [5.74, 6) is -1.62. The number of carboxylic acids is 1. The van der Waals surface area contributed by atoms with Crippen molar-refractivity contribution in [2.45, 2.75) is 26.3 Å². The van der Waals surface area contributed by atoms with E-state index in [4.69, 9.17) is 9.84 Å². The third-order valence-corrected chi connectivity index (χ3v) is 5.66. The first-order valence-electron chi connectivity index (χ1n) is 10.4. The van der Waals surface area contributed by atoms with Crippen LogP contribution in [0.4, 0.5) is 5.69 Å². The average molecular weight is 445 g/mol. The van der Waals surface area contributed by atoms with E-state index in [0.717, 1.165) is 16.5 Å². The number of nitrogens with zero attached hydrogens (tertiary/aromatic N) is 3. The summed E-state index contributed by atoms with van der Waals surface area (Å²) in [5.41, 5.74) is 3.41. The molecule has 0 saturated carbocycles. The van der Waals surface area contributed by atoms with Crippen molar-refractivity contribution in [3.05, 3.63) is 71.4 Å². The normalized spacial score (nSPS) is 15.7. The molecule has 0 bridgehead atoms. The molecule has 1 aliphatic heterocycles. The summed E-state index contributed by atoms with van der Waals surface area (Å²) in [7, 11) is 1.37. The lowest BCUT2D eigenvalue weighted by molar-refractivity contribution is -0.141. The standard InChI is InChI=1S/C25H23N3O5/c1-15(12-23(29)33-3)27-14-18(20-6-4-5-7-22(20)27)13-21-16(2)26-28(24(21)30)19-10-8-17(9-11-19)25(31)32/h4-11,13-15H,12H2,1-3H3,(H,31,32)/b21-13-. The molecule has 0 aliphatic carbocycles. The van der Waals surface area contributed by atoms with Crippen molar-refractivity contribution in [3.63, 3.8) is 0 Å². The number of hydrogen-bond donors (Lipinski definition) is 1. The van der Waals surface area contributed by atoms with Crippen LogP contribution in [0.2, 0.25) is 0 Å². The summed E-state index contributed by atoms with van der Waals surface area (Å²) in [5, 5.41) is 15.7. The highest BCUT2D eigenvalue weighted by Crippen LogP contribution is 2.30. The Balaban J connectivity index is 1.70. The number of ether oxygens (including phenoxy) is 1. The van der Waals surface area contributed by atoms with E-state index in [-0.39, 0.29) is 29.9 Å². The highest BCUT2D eigenvalue weighted by Gasteiger charge is 2.29. The van der Waals surface area contributed by atoms with Gasteiger partial charge in [0.25, 0.3) is 5.91 Å². The van der Waals surface area contributed by atoms with Gasteiger partial charge in [0, 0.05) is 28.7 Å². The quantitative estimate of drug-likeness (QED) is 0.451. The Labute approximate surface area is 190 Å². The van der Waals surface area contributed by atoms with Crippen LogP contribution in [-0.4, -0.2) is 40.3 Å². The topological polar surface area (TPSA) is 101 Å². The molecule has 168 valence electrons. The summed E-state index contributed by atoms with van der Waals surface area (Å²) >= 11 is 0. The summed E-state index contributed by atoms with van der Waals surface area (Å²) in [6, 6.07) is 13.7. The monoisotopic (exact) mass is 445 g/mol. The van der Waals surface area contributed by atoms with E-state index in [1.165, 1.54) is 24.3 Å². The van der Waals surface area contributed by atoms with Crippen molar-refractivity contribution in [2.24, 2.45) is 5.10 Å². The number of amides is 1. The second-order valence-electron chi connectivity index (χ2n) is 7.85. The number of hydrazone groups is 1. The fourth-order valence-corrected chi connectivity index (χ4v) is 3.89. The van der Waals surface area contributed by atoms with Crippen molar-refractivity contribution in [2.75, 3.05) is 12.1 Å². The number of hydrogen-bond acceptors (Lipinski definition) is 5. The molecule has 3 aromatic rings. The molecule has 1 amide bonds. The van der Waals surface area contributed by atoms with Crippen molar-refractivity contribution in [3.8, 4) is 0 Å². The van der Waals surface area contributed by atoms with E-state index in [2.05, 4.69) is 5.10 Å². The lowest BCUT2D eigenvalue weighted by Gasteiger charge is -2.13. The Bertz CT molecular complexity index is 1320. The lowest BCUT2D eigenvalue weighted by Crippen LogP contribution is -2.21. The molecule has 8 nitrogen and oxygen atoms in total. The molecule has 1 N–H and O–H groups in total. The molecule has 2 aromatic carbocycles. The van der Waals surface area contributed by atoms with Gasteiger partial charge < -0.3 is 14.4 Å². The third-order valence-electron chi connectivity index (χ3n) is 5.66. The van der Waals surface area contributed by atoms with Gasteiger partial charge in [-0.2, -0.15) is 10.1 Å². The summed E-state index contributed by atoms with van der Waals surface area (Å²) in [4.78, 5) is 36.0. The maximum absolute atomic E-state index is 13.2. The number of fused-ring (bicyclic) bond motifs is 1. The molecule has 0 spiro atoms. The van der Waals surface area contributed by atoms with E-state index < -0.39 is 5.97 Å². The van der Waals surface area contributed by atoms with Crippen LogP contribution in [0.25, 0.3) is 17.0 Å². The number of methoxy groups -OCH3 is 1. The molecule has 4 rings (SSSR count). The average Bonchev–Trinajstić information content (AvgIpc) is 3.32. The van der Waals surface area contributed by atoms with Gasteiger partial charge in [0.15, 0.2) is 0 Å². The van der Waals surface area contributed by atoms with Gasteiger partial charge in [0.2, 0.25) is 0 Å². The van der Waals surface area contributed by atoms with Gasteiger partial charge in [0.1, 0.15) is 0 Å². The minimum atomic E-state index is -1.03. The minimum Gasteiger partial charge on any atom is -0.478 e. The van der Waals surface area contributed by atoms with Crippen LogP contribution >= 0.6 is 0 Å². The maximum Gasteiger partial charge on any atom is 0.335 e. The minimum absolute atomic E-state index is 0.132. The summed E-state index contributed by atoms with van der Waals surface area (Å²) < 4.78 is 6.82. The molecule has 1 aromatic heterocycles. The molecule has 8 heteroatoms. The first-order chi connectivity index (χ1) is 15.8. The molecule has 1 unspecified atom stereocenters. The molecular weight excluding hydrogens is 422 g/mol. The summed E-state index contributed by atoms with van der Waals surface area (Å²) in [6.45, 7) is 3.70. The van der Waals surface area contributed by atoms with Gasteiger partial charge in [-0.05, 0) is 50.3 Å². The zero-order chi connectivity index (χ0) is 23.7. The highest BCUT2D eigenvalue weighted by molar-refractivity contribution is 6.32. The van der Waals surface area contributed by atoms with E-state index in [9.17, 15) is 14.4 Å². The zero-order valence-corrected chi connectivity index (χ0v) is 18.5. The van der Waals surface area contributed by atoms with Crippen LogP contribution in [0.3, 0.4) is 0 Å². The van der Waals surface area contributed by atoms with Gasteiger partial charge in [-0.15, -0.1) is 0 Å². The van der Waals surface area contributed by atoms with Crippen LogP contribution in [0.15, 0.2) is 65.4 Å². The first kappa shape index (κ1) is 22.0.